The van der Waals surface area contributed by atoms with Crippen molar-refractivity contribution in [2.24, 2.45) is 0 Å². The minimum absolute atomic E-state index is 0.00202. The van der Waals surface area contributed by atoms with Crippen molar-refractivity contribution in [1.29, 1.82) is 0 Å². The van der Waals surface area contributed by atoms with Gasteiger partial charge in [0.25, 0.3) is 0 Å². The molecule has 1 atom stereocenters. The van der Waals surface area contributed by atoms with Crippen molar-refractivity contribution in [2.75, 3.05) is 6.54 Å². The average Bonchev–Trinajstić information content (AvgIpc) is 2.63. The van der Waals surface area contributed by atoms with Crippen LogP contribution >= 0.6 is 0 Å². The van der Waals surface area contributed by atoms with E-state index >= 15 is 0 Å². The van der Waals surface area contributed by atoms with Crippen molar-refractivity contribution in [3.63, 3.8) is 0 Å². The molecule has 0 saturated heterocycles. The van der Waals surface area contributed by atoms with Gasteiger partial charge in [-0.25, -0.2) is 4.79 Å². The largest absolute Gasteiger partial charge is 0.326 e. The van der Waals surface area contributed by atoms with E-state index in [2.05, 4.69) is 35.0 Å². The molecule has 1 aliphatic heterocycles. The van der Waals surface area contributed by atoms with E-state index in [-0.39, 0.29) is 5.69 Å². The molecular formula is C15H19N3O. The second kappa shape index (κ2) is 4.70. The zero-order chi connectivity index (χ0) is 13.4. The van der Waals surface area contributed by atoms with Crippen LogP contribution in [0, 0.1) is 0 Å². The van der Waals surface area contributed by atoms with Crippen LogP contribution < -0.4 is 5.69 Å². The number of para-hydroxylation sites is 1. The van der Waals surface area contributed by atoms with E-state index in [4.69, 9.17) is 0 Å². The van der Waals surface area contributed by atoms with E-state index in [9.17, 15) is 4.79 Å². The molecule has 100 valence electrons. The summed E-state index contributed by atoms with van der Waals surface area (Å²) in [6, 6.07) is 6.46. The highest BCUT2D eigenvalue weighted by Crippen LogP contribution is 2.23. The molecule has 1 aromatic heterocycles. The fraction of sp³-hybridized carbons (Fsp3) is 0.400. The Morgan fingerprint density at radius 3 is 3.11 bits per heavy atom. The van der Waals surface area contributed by atoms with Crippen molar-refractivity contribution in [1.82, 2.24) is 14.5 Å². The molecule has 0 aliphatic carbocycles. The van der Waals surface area contributed by atoms with Gasteiger partial charge in [-0.2, -0.15) is 0 Å². The molecule has 4 nitrogen and oxygen atoms in total. The van der Waals surface area contributed by atoms with Crippen LogP contribution in [0.4, 0.5) is 0 Å². The minimum Gasteiger partial charge on any atom is -0.306 e. The Kier molecular flexibility index (Phi) is 3.03. The van der Waals surface area contributed by atoms with Crippen molar-refractivity contribution in [3.8, 4) is 0 Å². The van der Waals surface area contributed by atoms with Crippen molar-refractivity contribution >= 4 is 11.0 Å². The highest BCUT2D eigenvalue weighted by atomic mass is 16.1. The average molecular weight is 257 g/mol. The summed E-state index contributed by atoms with van der Waals surface area (Å²) in [5.74, 6) is 0. The molecule has 0 bridgehead atoms. The first-order valence-electron chi connectivity index (χ1n) is 6.76. The maximum Gasteiger partial charge on any atom is 0.326 e. The Morgan fingerprint density at radius 2 is 2.32 bits per heavy atom. The highest BCUT2D eigenvalue weighted by Gasteiger charge is 2.22. The lowest BCUT2D eigenvalue weighted by Crippen LogP contribution is -2.35. The maximum atomic E-state index is 12.0. The van der Waals surface area contributed by atoms with Crippen LogP contribution in [0.2, 0.25) is 0 Å². The molecule has 2 aromatic rings. The summed E-state index contributed by atoms with van der Waals surface area (Å²) in [5.41, 5.74) is 3.25. The Labute approximate surface area is 112 Å². The normalized spacial score (nSPS) is 20.2. The second-order valence-corrected chi connectivity index (χ2v) is 5.20. The molecule has 0 fully saturated rings. The number of benzene rings is 1. The number of aromatic nitrogens is 2. The number of imidazole rings is 1. The van der Waals surface area contributed by atoms with E-state index in [1.807, 2.05) is 23.6 Å². The van der Waals surface area contributed by atoms with Gasteiger partial charge in [0.05, 0.1) is 11.0 Å². The van der Waals surface area contributed by atoms with Crippen LogP contribution in [0.5, 0.6) is 0 Å². The number of nitrogens with zero attached hydrogens (tertiary/aromatic N) is 2. The first kappa shape index (κ1) is 12.2. The molecule has 1 unspecified atom stereocenters. The molecule has 0 saturated carbocycles. The van der Waals surface area contributed by atoms with Crippen molar-refractivity contribution in [2.45, 2.75) is 33.0 Å². The Hall–Kier alpha value is -1.81. The summed E-state index contributed by atoms with van der Waals surface area (Å²) in [5, 5.41) is 0. The molecule has 2 heterocycles. The Morgan fingerprint density at radius 1 is 1.47 bits per heavy atom. The van der Waals surface area contributed by atoms with Gasteiger partial charge < -0.3 is 4.98 Å². The van der Waals surface area contributed by atoms with Crippen LogP contribution in [0.15, 0.2) is 35.1 Å². The zero-order valence-corrected chi connectivity index (χ0v) is 11.4. The van der Waals surface area contributed by atoms with Gasteiger partial charge in [0, 0.05) is 25.7 Å². The molecule has 0 radical (unpaired) electrons. The molecule has 1 N–H and O–H groups in total. The lowest BCUT2D eigenvalue weighted by molar-refractivity contribution is 0.210. The predicted octanol–water partition coefficient (Wildman–Crippen LogP) is 2.11. The van der Waals surface area contributed by atoms with Crippen LogP contribution in [0.3, 0.4) is 0 Å². The van der Waals surface area contributed by atoms with E-state index < -0.39 is 0 Å². The predicted molar refractivity (Wildman–Crippen MR) is 77.2 cm³/mol. The quantitative estimate of drug-likeness (QED) is 0.837. The Balaban J connectivity index is 2.11. The van der Waals surface area contributed by atoms with Gasteiger partial charge >= 0.3 is 5.69 Å². The molecule has 1 aromatic carbocycles. The van der Waals surface area contributed by atoms with Gasteiger partial charge in [-0.05, 0) is 25.5 Å². The van der Waals surface area contributed by atoms with Gasteiger partial charge in [-0.1, -0.05) is 24.3 Å². The number of nitrogens with one attached hydrogen (secondary N) is 1. The van der Waals surface area contributed by atoms with Gasteiger partial charge in [-0.15, -0.1) is 0 Å². The van der Waals surface area contributed by atoms with Gasteiger partial charge in [0.2, 0.25) is 0 Å². The maximum absolute atomic E-state index is 12.0. The number of aromatic amines is 1. The summed E-state index contributed by atoms with van der Waals surface area (Å²) in [7, 11) is 0. The van der Waals surface area contributed by atoms with Crippen LogP contribution in [-0.2, 0) is 13.1 Å². The number of hydrogen-bond acceptors (Lipinski definition) is 2. The number of rotatable bonds is 2. The van der Waals surface area contributed by atoms with Gasteiger partial charge in [0.15, 0.2) is 0 Å². The first-order chi connectivity index (χ1) is 9.20. The molecule has 4 heteroatoms. The summed E-state index contributed by atoms with van der Waals surface area (Å²) < 4.78 is 1.88. The van der Waals surface area contributed by atoms with Crippen LogP contribution in [0.1, 0.15) is 19.4 Å². The standard InChI is InChI=1S/C15H19N3O/c1-3-4-8-17-10-12-6-5-7-13-14(12)18(9-11(17)2)15(19)16-13/h3-7,11H,8-10H2,1-2H3,(H,16,19)/b4-3+. The number of allylic oxidation sites excluding steroid dienone is 1. The lowest BCUT2D eigenvalue weighted by atomic mass is 10.1. The highest BCUT2D eigenvalue weighted by molar-refractivity contribution is 5.79. The number of hydrogen-bond donors (Lipinski definition) is 1. The smallest absolute Gasteiger partial charge is 0.306 e. The third-order valence-electron chi connectivity index (χ3n) is 3.90. The molecular weight excluding hydrogens is 238 g/mol. The van der Waals surface area contributed by atoms with Gasteiger partial charge in [-0.3, -0.25) is 9.47 Å². The van der Waals surface area contributed by atoms with Crippen LogP contribution in [0.25, 0.3) is 11.0 Å². The zero-order valence-electron chi connectivity index (χ0n) is 11.4. The van der Waals surface area contributed by atoms with E-state index in [1.165, 1.54) is 5.56 Å². The summed E-state index contributed by atoms with van der Waals surface area (Å²) in [6.45, 7) is 6.78. The van der Waals surface area contributed by atoms with Crippen LogP contribution in [-0.4, -0.2) is 27.0 Å². The van der Waals surface area contributed by atoms with Crippen molar-refractivity contribution in [3.05, 3.63) is 46.4 Å². The second-order valence-electron chi connectivity index (χ2n) is 5.20. The van der Waals surface area contributed by atoms with E-state index in [1.54, 1.807) is 0 Å². The SMILES string of the molecule is C/C=C/CN1Cc2cccc3[nH]c(=O)n(c23)CC1C. The summed E-state index contributed by atoms with van der Waals surface area (Å²) in [6.07, 6.45) is 4.24. The molecule has 19 heavy (non-hydrogen) atoms. The van der Waals surface area contributed by atoms with E-state index in [0.717, 1.165) is 30.7 Å². The molecule has 0 amide bonds. The topological polar surface area (TPSA) is 41.0 Å². The molecule has 0 spiro atoms. The van der Waals surface area contributed by atoms with E-state index in [0.29, 0.717) is 6.04 Å². The van der Waals surface area contributed by atoms with Gasteiger partial charge in [0.1, 0.15) is 0 Å². The minimum atomic E-state index is 0.00202. The molecule has 3 rings (SSSR count). The monoisotopic (exact) mass is 257 g/mol. The summed E-state index contributed by atoms with van der Waals surface area (Å²) in [4.78, 5) is 17.4. The lowest BCUT2D eigenvalue weighted by Gasteiger charge is -2.25. The fourth-order valence-electron chi connectivity index (χ4n) is 2.84. The van der Waals surface area contributed by atoms with Crippen molar-refractivity contribution < 1.29 is 0 Å². The summed E-state index contributed by atoms with van der Waals surface area (Å²) >= 11 is 0. The number of H-pyrrole nitrogens is 1. The third-order valence-corrected chi connectivity index (χ3v) is 3.90. The fourth-order valence-corrected chi connectivity index (χ4v) is 2.84. The first-order valence-corrected chi connectivity index (χ1v) is 6.76. The third kappa shape index (κ3) is 2.02. The molecule has 1 aliphatic rings. The Bertz CT molecular complexity index is 680.